The van der Waals surface area contributed by atoms with Crippen molar-refractivity contribution in [1.29, 1.82) is 0 Å². The highest BCUT2D eigenvalue weighted by Crippen LogP contribution is 2.36. The first-order valence-corrected chi connectivity index (χ1v) is 5.79. The molecule has 1 heteroatoms. The van der Waals surface area contributed by atoms with Gasteiger partial charge in [0.2, 0.25) is 0 Å². The van der Waals surface area contributed by atoms with Crippen LogP contribution in [0.2, 0.25) is 0 Å². The molecule has 0 spiro atoms. The van der Waals surface area contributed by atoms with Crippen LogP contribution in [0.1, 0.15) is 38.2 Å². The summed E-state index contributed by atoms with van der Waals surface area (Å²) in [6.07, 6.45) is 5.08. The van der Waals surface area contributed by atoms with Gasteiger partial charge in [-0.1, -0.05) is 55.7 Å². The highest BCUT2D eigenvalue weighted by molar-refractivity contribution is 5.11. The van der Waals surface area contributed by atoms with Crippen molar-refractivity contribution in [2.45, 2.75) is 39.5 Å². The Bertz CT molecular complexity index is 260. The van der Waals surface area contributed by atoms with Gasteiger partial charge in [0.1, 0.15) is 0 Å². The predicted octanol–water partition coefficient (Wildman–Crippen LogP) is 3.55. The fourth-order valence-electron chi connectivity index (χ4n) is 1.92. The Morgan fingerprint density at radius 2 is 1.67 bits per heavy atom. The number of rotatable bonds is 1. The maximum absolute atomic E-state index is 8.83. The molecule has 1 aliphatic rings. The number of aliphatic hydroxyl groups excluding tert-OH is 1. The molecule has 15 heavy (non-hydrogen) atoms. The van der Waals surface area contributed by atoms with Crippen LogP contribution in [-0.2, 0) is 0 Å². The molecule has 1 aromatic rings. The van der Waals surface area contributed by atoms with Gasteiger partial charge in [0.15, 0.2) is 0 Å². The van der Waals surface area contributed by atoms with Crippen LogP contribution in [0.5, 0.6) is 0 Å². The smallest absolute Gasteiger partial charge is 0.0484 e. The van der Waals surface area contributed by atoms with E-state index in [0.717, 1.165) is 0 Å². The Hall–Kier alpha value is -0.820. The minimum atomic E-state index is 0.292. The van der Waals surface area contributed by atoms with Gasteiger partial charge < -0.3 is 5.11 Å². The van der Waals surface area contributed by atoms with Crippen molar-refractivity contribution in [3.8, 4) is 0 Å². The molecule has 1 nitrogen and oxygen atoms in total. The minimum Gasteiger partial charge on any atom is -0.396 e. The lowest BCUT2D eigenvalue weighted by Gasteiger charge is -2.18. The van der Waals surface area contributed by atoms with Crippen LogP contribution in [0.3, 0.4) is 0 Å². The van der Waals surface area contributed by atoms with Gasteiger partial charge in [0.05, 0.1) is 0 Å². The third kappa shape index (κ3) is 4.48. The Labute approximate surface area is 93.1 Å². The summed E-state index contributed by atoms with van der Waals surface area (Å²) < 4.78 is 0. The molecule has 0 bridgehead atoms. The van der Waals surface area contributed by atoms with Gasteiger partial charge in [0, 0.05) is 6.61 Å². The van der Waals surface area contributed by atoms with Gasteiger partial charge in [0.25, 0.3) is 0 Å². The van der Waals surface area contributed by atoms with E-state index in [-0.39, 0.29) is 0 Å². The van der Waals surface area contributed by atoms with E-state index < -0.39 is 0 Å². The maximum Gasteiger partial charge on any atom is 0.0484 e. The highest BCUT2D eigenvalue weighted by Gasteiger charge is 2.26. The second kappa shape index (κ2) is 5.92. The summed E-state index contributed by atoms with van der Waals surface area (Å²) in [6, 6.07) is 10.3. The van der Waals surface area contributed by atoms with Gasteiger partial charge in [-0.2, -0.15) is 0 Å². The van der Waals surface area contributed by atoms with Gasteiger partial charge >= 0.3 is 0 Å². The largest absolute Gasteiger partial charge is 0.396 e. The number of aryl methyl sites for hydroxylation is 1. The second-order valence-corrected chi connectivity index (χ2v) is 4.83. The quantitative estimate of drug-likeness (QED) is 0.745. The van der Waals surface area contributed by atoms with Crippen LogP contribution in [0, 0.1) is 12.3 Å². The predicted molar refractivity (Wildman–Crippen MR) is 64.8 cm³/mol. The second-order valence-electron chi connectivity index (χ2n) is 4.83. The molecular formula is C14H22O. The summed E-state index contributed by atoms with van der Waals surface area (Å²) >= 11 is 0. The van der Waals surface area contributed by atoms with E-state index in [2.05, 4.69) is 26.0 Å². The molecule has 1 fully saturated rings. The van der Waals surface area contributed by atoms with E-state index in [1.807, 2.05) is 18.2 Å². The van der Waals surface area contributed by atoms with Crippen molar-refractivity contribution in [1.82, 2.24) is 0 Å². The molecule has 1 aliphatic carbocycles. The lowest BCUT2D eigenvalue weighted by molar-refractivity contribution is 0.149. The Balaban J connectivity index is 0.000000151. The molecule has 1 aromatic carbocycles. The van der Waals surface area contributed by atoms with Crippen molar-refractivity contribution in [3.05, 3.63) is 35.9 Å². The number of hydrogen-bond donors (Lipinski definition) is 1. The first kappa shape index (κ1) is 12.3. The average Bonchev–Trinajstić information content (AvgIpc) is 2.68. The van der Waals surface area contributed by atoms with Gasteiger partial charge in [-0.15, -0.1) is 0 Å². The molecular weight excluding hydrogens is 184 g/mol. The normalized spacial score (nSPS) is 18.1. The highest BCUT2D eigenvalue weighted by atomic mass is 16.3. The molecule has 84 valence electrons. The van der Waals surface area contributed by atoms with Crippen LogP contribution < -0.4 is 0 Å². The summed E-state index contributed by atoms with van der Waals surface area (Å²) in [7, 11) is 0. The van der Waals surface area contributed by atoms with Gasteiger partial charge in [-0.3, -0.25) is 0 Å². The molecule has 0 unspecified atom stereocenters. The molecule has 0 aliphatic heterocycles. The molecule has 0 saturated heterocycles. The van der Waals surface area contributed by atoms with Crippen LogP contribution in [0.4, 0.5) is 0 Å². The van der Waals surface area contributed by atoms with Crippen molar-refractivity contribution in [3.63, 3.8) is 0 Å². The van der Waals surface area contributed by atoms with Crippen LogP contribution in [0.15, 0.2) is 30.3 Å². The average molecular weight is 206 g/mol. The summed E-state index contributed by atoms with van der Waals surface area (Å²) in [5.41, 5.74) is 1.61. The standard InChI is InChI=1S/C7H14O.C7H8/c1-7(6-8)4-2-3-5-7;1-7-5-3-2-4-6-7/h8H,2-6H2,1H3;2-6H,1H3. The lowest BCUT2D eigenvalue weighted by atomic mass is 9.90. The van der Waals surface area contributed by atoms with Gasteiger partial charge in [-0.05, 0) is 25.2 Å². The first-order valence-electron chi connectivity index (χ1n) is 5.79. The van der Waals surface area contributed by atoms with E-state index in [1.165, 1.54) is 31.2 Å². The van der Waals surface area contributed by atoms with E-state index >= 15 is 0 Å². The van der Waals surface area contributed by atoms with Crippen LogP contribution in [0.25, 0.3) is 0 Å². The molecule has 0 aromatic heterocycles. The van der Waals surface area contributed by atoms with Crippen molar-refractivity contribution >= 4 is 0 Å². The Morgan fingerprint density at radius 3 is 1.93 bits per heavy atom. The van der Waals surface area contributed by atoms with Crippen LogP contribution in [-0.4, -0.2) is 11.7 Å². The zero-order valence-corrected chi connectivity index (χ0v) is 9.87. The summed E-state index contributed by atoms with van der Waals surface area (Å²) in [6.45, 7) is 4.63. The van der Waals surface area contributed by atoms with E-state index in [9.17, 15) is 0 Å². The first-order chi connectivity index (χ1) is 7.16. The Kier molecular flexibility index (Phi) is 4.83. The number of hydrogen-bond acceptors (Lipinski definition) is 1. The molecule has 0 atom stereocenters. The minimum absolute atomic E-state index is 0.292. The third-order valence-electron chi connectivity index (χ3n) is 3.13. The molecule has 1 N–H and O–H groups in total. The summed E-state index contributed by atoms with van der Waals surface area (Å²) in [4.78, 5) is 0. The monoisotopic (exact) mass is 206 g/mol. The molecule has 0 radical (unpaired) electrons. The molecule has 2 rings (SSSR count). The third-order valence-corrected chi connectivity index (χ3v) is 3.13. The zero-order chi connectivity index (χ0) is 11.1. The van der Waals surface area contributed by atoms with E-state index in [1.54, 1.807) is 0 Å². The fraction of sp³-hybridized carbons (Fsp3) is 0.571. The Morgan fingerprint density at radius 1 is 1.13 bits per heavy atom. The number of aliphatic hydroxyl groups is 1. The van der Waals surface area contributed by atoms with Crippen molar-refractivity contribution < 1.29 is 5.11 Å². The molecule has 1 saturated carbocycles. The van der Waals surface area contributed by atoms with E-state index in [4.69, 9.17) is 5.11 Å². The van der Waals surface area contributed by atoms with Crippen molar-refractivity contribution in [2.24, 2.45) is 5.41 Å². The van der Waals surface area contributed by atoms with Crippen LogP contribution >= 0.6 is 0 Å². The zero-order valence-electron chi connectivity index (χ0n) is 9.87. The van der Waals surface area contributed by atoms with Gasteiger partial charge in [-0.25, -0.2) is 0 Å². The van der Waals surface area contributed by atoms with E-state index in [0.29, 0.717) is 12.0 Å². The maximum atomic E-state index is 8.83. The lowest BCUT2D eigenvalue weighted by Crippen LogP contribution is -2.15. The fourth-order valence-corrected chi connectivity index (χ4v) is 1.92. The SMILES string of the molecule is CC1(CO)CCCC1.Cc1ccccc1. The summed E-state index contributed by atoms with van der Waals surface area (Å²) in [5, 5.41) is 8.83. The summed E-state index contributed by atoms with van der Waals surface area (Å²) in [5.74, 6) is 0. The van der Waals surface area contributed by atoms with Crippen molar-refractivity contribution in [2.75, 3.05) is 6.61 Å². The molecule has 0 amide bonds. The number of benzene rings is 1. The molecule has 0 heterocycles. The topological polar surface area (TPSA) is 20.2 Å².